The van der Waals surface area contributed by atoms with E-state index >= 15 is 0 Å². The number of rotatable bonds is 7. The molecule has 1 N–H and O–H groups in total. The zero-order valence-electron chi connectivity index (χ0n) is 15.5. The summed E-state index contributed by atoms with van der Waals surface area (Å²) in [6.07, 6.45) is 1.15. The second kappa shape index (κ2) is 8.49. The average molecular weight is 365 g/mol. The van der Waals surface area contributed by atoms with Gasteiger partial charge in [-0.05, 0) is 37.6 Å². The van der Waals surface area contributed by atoms with E-state index in [2.05, 4.69) is 10.4 Å². The molecule has 0 saturated carbocycles. The highest BCUT2D eigenvalue weighted by molar-refractivity contribution is 6.44. The van der Waals surface area contributed by atoms with Gasteiger partial charge >= 0.3 is 0 Å². The summed E-state index contributed by atoms with van der Waals surface area (Å²) in [6, 6.07) is 16.2. The number of nitrogens with one attached hydrogen (secondary N) is 1. The molecule has 140 valence electrons. The van der Waals surface area contributed by atoms with Gasteiger partial charge in [-0.25, -0.2) is 0 Å². The van der Waals surface area contributed by atoms with Gasteiger partial charge in [-0.2, -0.15) is 5.10 Å². The van der Waals surface area contributed by atoms with Crippen molar-refractivity contribution in [2.24, 2.45) is 5.10 Å². The molecule has 1 heterocycles. The number of hydrogen-bond acceptors (Lipinski definition) is 5. The highest BCUT2D eigenvalue weighted by Gasteiger charge is 2.34. The Kier molecular flexibility index (Phi) is 5.86. The van der Waals surface area contributed by atoms with E-state index in [1.165, 1.54) is 6.92 Å². The van der Waals surface area contributed by atoms with Gasteiger partial charge in [0.05, 0.1) is 18.0 Å². The molecule has 1 aliphatic rings. The zero-order valence-corrected chi connectivity index (χ0v) is 15.5. The van der Waals surface area contributed by atoms with Gasteiger partial charge in [-0.15, -0.1) is 0 Å². The third-order valence-electron chi connectivity index (χ3n) is 4.26. The van der Waals surface area contributed by atoms with Crippen molar-refractivity contribution in [3.63, 3.8) is 0 Å². The number of ether oxygens (including phenoxy) is 1. The molecule has 1 aliphatic heterocycles. The van der Waals surface area contributed by atoms with Crippen LogP contribution in [0.25, 0.3) is 0 Å². The monoisotopic (exact) mass is 365 g/mol. The third-order valence-corrected chi connectivity index (χ3v) is 4.26. The first-order chi connectivity index (χ1) is 13.1. The molecule has 1 amide bonds. The summed E-state index contributed by atoms with van der Waals surface area (Å²) in [5.41, 5.74) is 1.70. The van der Waals surface area contributed by atoms with Gasteiger partial charge in [-0.3, -0.25) is 14.6 Å². The summed E-state index contributed by atoms with van der Waals surface area (Å²) >= 11 is 0. The van der Waals surface area contributed by atoms with Crippen molar-refractivity contribution in [3.8, 4) is 5.75 Å². The Hall–Kier alpha value is -3.15. The van der Waals surface area contributed by atoms with Crippen molar-refractivity contribution < 1.29 is 14.3 Å². The van der Waals surface area contributed by atoms with Gasteiger partial charge in [0.1, 0.15) is 17.5 Å². The van der Waals surface area contributed by atoms with Crippen LogP contribution >= 0.6 is 0 Å². The zero-order chi connectivity index (χ0) is 19.2. The molecular weight excluding hydrogens is 342 g/mol. The molecule has 0 spiro atoms. The molecule has 0 fully saturated rings. The van der Waals surface area contributed by atoms with E-state index in [0.717, 1.165) is 12.1 Å². The molecule has 27 heavy (non-hydrogen) atoms. The number of carbonyl (C=O) groups excluding carboxylic acids is 2. The Morgan fingerprint density at radius 1 is 1.15 bits per heavy atom. The number of benzene rings is 2. The van der Waals surface area contributed by atoms with E-state index in [0.29, 0.717) is 23.8 Å². The predicted octanol–water partition coefficient (Wildman–Crippen LogP) is 3.64. The number of nitrogens with zero attached hydrogens (tertiary/aromatic N) is 2. The predicted molar refractivity (Wildman–Crippen MR) is 106 cm³/mol. The van der Waals surface area contributed by atoms with E-state index in [4.69, 9.17) is 4.74 Å². The number of amides is 1. The Morgan fingerprint density at radius 3 is 2.56 bits per heavy atom. The van der Waals surface area contributed by atoms with Gasteiger partial charge in [0.25, 0.3) is 5.91 Å². The Morgan fingerprint density at radius 2 is 1.85 bits per heavy atom. The van der Waals surface area contributed by atoms with E-state index in [9.17, 15) is 9.59 Å². The van der Waals surface area contributed by atoms with E-state index in [1.54, 1.807) is 11.1 Å². The topological polar surface area (TPSA) is 71.0 Å². The Bertz CT molecular complexity index is 849. The number of hydrogen-bond donors (Lipinski definition) is 1. The minimum Gasteiger partial charge on any atom is -0.491 e. The molecule has 3 rings (SSSR count). The van der Waals surface area contributed by atoms with Crippen LogP contribution in [0.1, 0.15) is 26.7 Å². The van der Waals surface area contributed by atoms with Crippen LogP contribution in [0.4, 0.5) is 11.4 Å². The minimum absolute atomic E-state index is 0.0305. The molecular formula is C21H23N3O3. The fourth-order valence-corrected chi connectivity index (χ4v) is 2.88. The number of para-hydroxylation sites is 3. The minimum atomic E-state index is -0.472. The summed E-state index contributed by atoms with van der Waals surface area (Å²) in [7, 11) is 0. The maximum absolute atomic E-state index is 12.8. The maximum Gasteiger partial charge on any atom is 0.272 e. The standard InChI is InChI=1S/C21H23N3O3/c1-3-13-27-20-12-8-7-11-17(20)22-21(26)18-14-19(15(2)25)24(23-18)16-9-5-4-6-10-16/h4-12,19H,3,13-14H2,1-2H3,(H,22,26). The second-order valence-electron chi connectivity index (χ2n) is 6.36. The number of anilines is 2. The summed E-state index contributed by atoms with van der Waals surface area (Å²) in [4.78, 5) is 24.8. The van der Waals surface area contributed by atoms with E-state index in [-0.39, 0.29) is 18.1 Å². The van der Waals surface area contributed by atoms with E-state index in [1.807, 2.05) is 55.5 Å². The van der Waals surface area contributed by atoms with Crippen LogP contribution in [0.2, 0.25) is 0 Å². The summed E-state index contributed by atoms with van der Waals surface area (Å²) in [5, 5.41) is 8.91. The second-order valence-corrected chi connectivity index (χ2v) is 6.36. The molecule has 1 atom stereocenters. The lowest BCUT2D eigenvalue weighted by Gasteiger charge is -2.20. The molecule has 2 aromatic carbocycles. The van der Waals surface area contributed by atoms with Gasteiger partial charge < -0.3 is 10.1 Å². The normalized spacial score (nSPS) is 16.0. The average Bonchev–Trinajstić information content (AvgIpc) is 3.14. The fraction of sp³-hybridized carbons (Fsp3) is 0.286. The lowest BCUT2D eigenvalue weighted by atomic mass is 10.1. The molecule has 1 unspecified atom stereocenters. The van der Waals surface area contributed by atoms with Crippen LogP contribution < -0.4 is 15.1 Å². The van der Waals surface area contributed by atoms with Crippen molar-refractivity contribution in [1.29, 1.82) is 0 Å². The molecule has 0 aliphatic carbocycles. The van der Waals surface area contributed by atoms with Crippen LogP contribution in [0.15, 0.2) is 59.7 Å². The first kappa shape index (κ1) is 18.6. The molecule has 0 aromatic heterocycles. The number of carbonyl (C=O) groups is 2. The first-order valence-corrected chi connectivity index (χ1v) is 9.05. The van der Waals surface area contributed by atoms with Gasteiger partial charge in [-0.1, -0.05) is 37.3 Å². The van der Waals surface area contributed by atoms with Gasteiger partial charge in [0, 0.05) is 6.42 Å². The Labute approximate surface area is 158 Å². The van der Waals surface area contributed by atoms with Gasteiger partial charge in [0.2, 0.25) is 0 Å². The van der Waals surface area contributed by atoms with E-state index < -0.39 is 6.04 Å². The van der Waals surface area contributed by atoms with Crippen LogP contribution in [-0.2, 0) is 9.59 Å². The molecule has 0 bridgehead atoms. The smallest absolute Gasteiger partial charge is 0.272 e. The number of ketones is 1. The maximum atomic E-state index is 12.8. The first-order valence-electron chi connectivity index (χ1n) is 9.05. The van der Waals surface area contributed by atoms with Crippen molar-refractivity contribution in [2.75, 3.05) is 16.9 Å². The van der Waals surface area contributed by atoms with Crippen molar-refractivity contribution in [2.45, 2.75) is 32.7 Å². The molecule has 6 nitrogen and oxygen atoms in total. The summed E-state index contributed by atoms with van der Waals surface area (Å²) in [6.45, 7) is 4.11. The lowest BCUT2D eigenvalue weighted by molar-refractivity contribution is -0.118. The molecule has 0 radical (unpaired) electrons. The lowest BCUT2D eigenvalue weighted by Crippen LogP contribution is -2.33. The Balaban J connectivity index is 1.80. The van der Waals surface area contributed by atoms with Crippen LogP contribution in [0.3, 0.4) is 0 Å². The highest BCUT2D eigenvalue weighted by Crippen LogP contribution is 2.27. The molecule has 6 heteroatoms. The van der Waals surface area contributed by atoms with Gasteiger partial charge in [0.15, 0.2) is 5.78 Å². The fourth-order valence-electron chi connectivity index (χ4n) is 2.88. The number of hydrazone groups is 1. The van der Waals surface area contributed by atoms with Crippen LogP contribution in [0, 0.1) is 0 Å². The highest BCUT2D eigenvalue weighted by atomic mass is 16.5. The largest absolute Gasteiger partial charge is 0.491 e. The van der Waals surface area contributed by atoms with Crippen molar-refractivity contribution >= 4 is 28.8 Å². The SMILES string of the molecule is CCCOc1ccccc1NC(=O)C1=NN(c2ccccc2)C(C(C)=O)C1. The van der Waals surface area contributed by atoms with Crippen LogP contribution in [0.5, 0.6) is 5.75 Å². The summed E-state index contributed by atoms with van der Waals surface area (Å²) < 4.78 is 5.68. The molecule has 2 aromatic rings. The van der Waals surface area contributed by atoms with Crippen LogP contribution in [-0.4, -0.2) is 30.1 Å². The third kappa shape index (κ3) is 4.34. The molecule has 0 saturated heterocycles. The quantitative estimate of drug-likeness (QED) is 0.813. The summed E-state index contributed by atoms with van der Waals surface area (Å²) in [5.74, 6) is 0.263. The number of Topliss-reactive ketones (excluding diaryl/α,β-unsaturated/α-hetero) is 1. The van der Waals surface area contributed by atoms with Crippen molar-refractivity contribution in [1.82, 2.24) is 0 Å². The van der Waals surface area contributed by atoms with Crippen molar-refractivity contribution in [3.05, 3.63) is 54.6 Å².